The van der Waals surface area contributed by atoms with E-state index in [-0.39, 0.29) is 28.8 Å². The Kier molecular flexibility index (Phi) is 3.14. The van der Waals surface area contributed by atoms with Gasteiger partial charge in [0.25, 0.3) is 10.0 Å². The molecule has 0 unspecified atom stereocenters. The number of hydrogen-bond acceptors (Lipinski definition) is 4. The molecule has 1 aromatic rings. The molecule has 2 atom stereocenters. The van der Waals surface area contributed by atoms with Crippen molar-refractivity contribution in [3.05, 3.63) is 36.4 Å². The highest BCUT2D eigenvalue weighted by atomic mass is 32.2. The fourth-order valence-electron chi connectivity index (χ4n) is 2.74. The number of hydrogen-bond donors (Lipinski definition) is 2. The van der Waals surface area contributed by atoms with Gasteiger partial charge in [0.1, 0.15) is 4.90 Å². The summed E-state index contributed by atoms with van der Waals surface area (Å²) in [4.78, 5) is 23.6. The van der Waals surface area contributed by atoms with Crippen LogP contribution >= 0.6 is 0 Å². The average molecular weight is 320 g/mol. The van der Waals surface area contributed by atoms with Crippen LogP contribution in [-0.2, 0) is 26.0 Å². The lowest BCUT2D eigenvalue weighted by atomic mass is 10.1. The molecule has 22 heavy (non-hydrogen) atoms. The summed E-state index contributed by atoms with van der Waals surface area (Å²) >= 11 is 0. The predicted molar refractivity (Wildman–Crippen MR) is 80.5 cm³/mol. The van der Waals surface area contributed by atoms with Gasteiger partial charge in [-0.3, -0.25) is 9.59 Å². The van der Waals surface area contributed by atoms with Crippen LogP contribution < -0.4 is 10.0 Å². The van der Waals surface area contributed by atoms with E-state index < -0.39 is 21.3 Å². The van der Waals surface area contributed by atoms with E-state index in [9.17, 15) is 18.0 Å². The minimum Gasteiger partial charge on any atom is -0.324 e. The largest absolute Gasteiger partial charge is 0.324 e. The van der Waals surface area contributed by atoms with E-state index in [0.29, 0.717) is 12.0 Å². The molecule has 1 fully saturated rings. The zero-order valence-electron chi connectivity index (χ0n) is 12.0. The molecule has 1 aliphatic heterocycles. The Labute approximate surface area is 128 Å². The maximum Gasteiger partial charge on any atom is 0.266 e. The fraction of sp³-hybridized carbons (Fsp3) is 0.333. The molecule has 116 valence electrons. The Hall–Kier alpha value is -2.15. The molecule has 6 nitrogen and oxygen atoms in total. The molecule has 2 amide bonds. The summed E-state index contributed by atoms with van der Waals surface area (Å²) in [5.41, 5.74) is 0.145. The van der Waals surface area contributed by atoms with Crippen molar-refractivity contribution in [3.8, 4) is 0 Å². The second-order valence-corrected chi connectivity index (χ2v) is 7.56. The number of amides is 2. The van der Waals surface area contributed by atoms with Crippen molar-refractivity contribution in [2.45, 2.75) is 24.7 Å². The summed E-state index contributed by atoms with van der Waals surface area (Å²) in [6, 6.07) is 4.62. The number of allylic oxidation sites excluding steroid dienone is 1. The number of nitrogens with one attached hydrogen (secondary N) is 2. The zero-order chi connectivity index (χ0) is 16.1. The number of carbonyl (C=O) groups is 2. The quantitative estimate of drug-likeness (QED) is 0.815. The zero-order valence-corrected chi connectivity index (χ0v) is 12.9. The number of rotatable bonds is 4. The van der Waals surface area contributed by atoms with E-state index in [1.54, 1.807) is 25.1 Å². The van der Waals surface area contributed by atoms with Crippen molar-refractivity contribution in [2.75, 3.05) is 5.32 Å². The van der Waals surface area contributed by atoms with Crippen molar-refractivity contribution >= 4 is 27.5 Å². The third kappa shape index (κ3) is 2.21. The Bertz CT molecular complexity index is 800. The number of sulfonamides is 1. The van der Waals surface area contributed by atoms with Crippen molar-refractivity contribution in [1.82, 2.24) is 4.72 Å². The van der Waals surface area contributed by atoms with Gasteiger partial charge < -0.3 is 5.32 Å². The van der Waals surface area contributed by atoms with Crippen molar-refractivity contribution in [3.63, 3.8) is 0 Å². The maximum atomic E-state index is 12.5. The molecule has 1 heterocycles. The lowest BCUT2D eigenvalue weighted by Gasteiger charge is -2.14. The molecule has 2 aliphatic rings. The molecular weight excluding hydrogens is 304 g/mol. The van der Waals surface area contributed by atoms with Crippen LogP contribution in [0.3, 0.4) is 0 Å². The van der Waals surface area contributed by atoms with E-state index in [0.717, 1.165) is 0 Å². The van der Waals surface area contributed by atoms with Gasteiger partial charge in [-0.2, -0.15) is 0 Å². The number of benzene rings is 1. The highest BCUT2D eigenvalue weighted by molar-refractivity contribution is 7.90. The smallest absolute Gasteiger partial charge is 0.266 e. The first kappa shape index (κ1) is 14.8. The highest BCUT2D eigenvalue weighted by Crippen LogP contribution is 2.53. The summed E-state index contributed by atoms with van der Waals surface area (Å²) in [7, 11) is -4.03. The van der Waals surface area contributed by atoms with Gasteiger partial charge in [-0.25, -0.2) is 13.1 Å². The summed E-state index contributed by atoms with van der Waals surface area (Å²) in [6.07, 6.45) is 2.39. The topological polar surface area (TPSA) is 92.3 Å². The van der Waals surface area contributed by atoms with Crippen LogP contribution in [0.5, 0.6) is 0 Å². The van der Waals surface area contributed by atoms with Gasteiger partial charge in [0.15, 0.2) is 0 Å². The van der Waals surface area contributed by atoms with Crippen molar-refractivity contribution in [2.24, 2.45) is 11.3 Å². The number of carbonyl (C=O) groups excluding carboxylic acids is 2. The normalized spacial score (nSPS) is 26.0. The summed E-state index contributed by atoms with van der Waals surface area (Å²) < 4.78 is 27.1. The van der Waals surface area contributed by atoms with E-state index >= 15 is 0 Å². The van der Waals surface area contributed by atoms with Gasteiger partial charge in [-0.05, 0) is 24.0 Å². The molecule has 0 radical (unpaired) electrons. The van der Waals surface area contributed by atoms with Crippen LogP contribution in [0.4, 0.5) is 5.69 Å². The van der Waals surface area contributed by atoms with Crippen molar-refractivity contribution in [1.29, 1.82) is 0 Å². The van der Waals surface area contributed by atoms with Gasteiger partial charge in [-0.15, -0.1) is 6.58 Å². The van der Waals surface area contributed by atoms with Crippen molar-refractivity contribution < 1.29 is 18.0 Å². The van der Waals surface area contributed by atoms with Crippen LogP contribution in [0.15, 0.2) is 35.7 Å². The number of fused-ring (bicyclic) bond motifs is 1. The van der Waals surface area contributed by atoms with Gasteiger partial charge in [0.05, 0.1) is 17.5 Å². The van der Waals surface area contributed by atoms with E-state index in [2.05, 4.69) is 16.6 Å². The molecule has 7 heteroatoms. The lowest BCUT2D eigenvalue weighted by molar-refractivity contribution is -0.124. The SMILES string of the molecule is C=C[C@@H]1C[C@]1(C)C(=O)NS(=O)(=O)c1cccc2c1NC(=O)C2. The van der Waals surface area contributed by atoms with Crippen LogP contribution in [0, 0.1) is 11.3 Å². The minimum absolute atomic E-state index is 0.0103. The molecule has 0 saturated heterocycles. The standard InChI is InChI=1S/C15H16N2O4S/c1-3-10-8-15(10,2)14(19)17-22(20,21)11-6-4-5-9-7-12(18)16-13(9)11/h3-6,10H,1,7-8H2,2H3,(H,16,18)(H,17,19)/t10-,15+/m1/s1. The Balaban J connectivity index is 1.89. The van der Waals surface area contributed by atoms with E-state index in [1.807, 2.05) is 0 Å². The average Bonchev–Trinajstić information content (AvgIpc) is 2.98. The number of anilines is 1. The molecule has 0 bridgehead atoms. The molecule has 3 rings (SSSR count). The van der Waals surface area contributed by atoms with Gasteiger partial charge >= 0.3 is 0 Å². The molecule has 1 aliphatic carbocycles. The summed E-state index contributed by atoms with van der Waals surface area (Å²) in [6.45, 7) is 5.34. The molecule has 0 spiro atoms. The first-order chi connectivity index (χ1) is 10.3. The van der Waals surface area contributed by atoms with E-state index in [4.69, 9.17) is 0 Å². The third-order valence-electron chi connectivity index (χ3n) is 4.35. The maximum absolute atomic E-state index is 12.5. The fourth-order valence-corrected chi connectivity index (χ4v) is 4.04. The van der Waals surface area contributed by atoms with Gasteiger partial charge in [0.2, 0.25) is 11.8 Å². The second-order valence-electron chi connectivity index (χ2n) is 5.91. The second kappa shape index (κ2) is 4.67. The van der Waals surface area contributed by atoms with Crippen LogP contribution in [0.1, 0.15) is 18.9 Å². The Morgan fingerprint density at radius 2 is 2.23 bits per heavy atom. The molecule has 1 saturated carbocycles. The highest BCUT2D eigenvalue weighted by Gasteiger charge is 2.55. The minimum atomic E-state index is -4.03. The van der Waals surface area contributed by atoms with Gasteiger partial charge in [0, 0.05) is 0 Å². The van der Waals surface area contributed by atoms with Crippen LogP contribution in [0.2, 0.25) is 0 Å². The first-order valence-electron chi connectivity index (χ1n) is 6.89. The first-order valence-corrected chi connectivity index (χ1v) is 8.38. The Morgan fingerprint density at radius 3 is 2.86 bits per heavy atom. The molecule has 1 aromatic carbocycles. The summed E-state index contributed by atoms with van der Waals surface area (Å²) in [5.74, 6) is -0.812. The Morgan fingerprint density at radius 1 is 1.50 bits per heavy atom. The molecule has 0 aromatic heterocycles. The summed E-state index contributed by atoms with van der Waals surface area (Å²) in [5, 5.41) is 2.53. The third-order valence-corrected chi connectivity index (χ3v) is 5.72. The number of para-hydroxylation sites is 1. The van der Waals surface area contributed by atoms with Crippen LogP contribution in [-0.4, -0.2) is 20.2 Å². The van der Waals surface area contributed by atoms with Gasteiger partial charge in [-0.1, -0.05) is 25.1 Å². The predicted octanol–water partition coefficient (Wildman–Crippen LogP) is 1.20. The lowest BCUT2D eigenvalue weighted by Crippen LogP contribution is -2.36. The monoisotopic (exact) mass is 320 g/mol. The molecular formula is C15H16N2O4S. The molecule has 2 N–H and O–H groups in total. The van der Waals surface area contributed by atoms with Crippen LogP contribution in [0.25, 0.3) is 0 Å². The van der Waals surface area contributed by atoms with E-state index in [1.165, 1.54) is 6.07 Å².